The molecule has 0 N–H and O–H groups in total. The molecule has 0 aliphatic heterocycles. The first-order chi connectivity index (χ1) is 6.84. The summed E-state index contributed by atoms with van der Waals surface area (Å²) in [7, 11) is 2.08. The fraction of sp³-hybridized carbons (Fsp3) is 0.385. The molecule has 0 aliphatic carbocycles. The fourth-order valence-corrected chi connectivity index (χ4v) is 1.30. The van der Waals surface area contributed by atoms with Crippen molar-refractivity contribution in [3.63, 3.8) is 0 Å². The number of hydrogen-bond acceptors (Lipinski definition) is 1. The summed E-state index contributed by atoms with van der Waals surface area (Å²) in [4.78, 5) is 2.15. The van der Waals surface area contributed by atoms with Gasteiger partial charge in [0.15, 0.2) is 0 Å². The van der Waals surface area contributed by atoms with Gasteiger partial charge in [0.2, 0.25) is 0 Å². The SMILES string of the molecule is CCCCC=CN(C)c1ccccc1. The normalized spacial score (nSPS) is 10.7. The van der Waals surface area contributed by atoms with Crippen LogP contribution in [-0.2, 0) is 0 Å². The van der Waals surface area contributed by atoms with Gasteiger partial charge in [0.25, 0.3) is 0 Å². The van der Waals surface area contributed by atoms with E-state index in [0.717, 1.165) is 0 Å². The third-order valence-electron chi connectivity index (χ3n) is 2.22. The Kier molecular flexibility index (Phi) is 4.84. The van der Waals surface area contributed by atoms with E-state index in [9.17, 15) is 0 Å². The predicted molar refractivity (Wildman–Crippen MR) is 63.5 cm³/mol. The van der Waals surface area contributed by atoms with Gasteiger partial charge in [0, 0.05) is 12.7 Å². The Morgan fingerprint density at radius 3 is 2.57 bits per heavy atom. The first kappa shape index (κ1) is 10.8. The third-order valence-corrected chi connectivity index (χ3v) is 2.22. The Bertz CT molecular complexity index is 264. The lowest BCUT2D eigenvalue weighted by atomic mass is 10.2. The van der Waals surface area contributed by atoms with Crippen LogP contribution in [0.1, 0.15) is 26.2 Å². The second kappa shape index (κ2) is 6.25. The standard InChI is InChI=1S/C13H19N/c1-3-4-5-9-12-14(2)13-10-7-6-8-11-13/h6-12H,3-5H2,1-2H3. The van der Waals surface area contributed by atoms with Crippen LogP contribution in [0.2, 0.25) is 0 Å². The number of nitrogens with zero attached hydrogens (tertiary/aromatic N) is 1. The van der Waals surface area contributed by atoms with Crippen molar-refractivity contribution in [2.24, 2.45) is 0 Å². The van der Waals surface area contributed by atoms with Crippen molar-refractivity contribution in [3.8, 4) is 0 Å². The maximum atomic E-state index is 2.23. The third kappa shape index (κ3) is 3.65. The van der Waals surface area contributed by atoms with Crippen LogP contribution in [0.3, 0.4) is 0 Å². The fourth-order valence-electron chi connectivity index (χ4n) is 1.30. The summed E-state index contributed by atoms with van der Waals surface area (Å²) in [6.45, 7) is 2.22. The van der Waals surface area contributed by atoms with Crippen LogP contribution >= 0.6 is 0 Å². The summed E-state index contributed by atoms with van der Waals surface area (Å²) in [6, 6.07) is 10.4. The Hall–Kier alpha value is -1.24. The maximum Gasteiger partial charge on any atom is 0.0403 e. The highest BCUT2D eigenvalue weighted by atomic mass is 15.1. The summed E-state index contributed by atoms with van der Waals surface area (Å²) in [5.74, 6) is 0. The van der Waals surface area contributed by atoms with Gasteiger partial charge >= 0.3 is 0 Å². The number of hydrogen-bond donors (Lipinski definition) is 0. The quantitative estimate of drug-likeness (QED) is 0.636. The van der Waals surface area contributed by atoms with Crippen LogP contribution in [0, 0.1) is 0 Å². The highest BCUT2D eigenvalue weighted by Gasteiger charge is 1.92. The van der Waals surface area contributed by atoms with E-state index in [-0.39, 0.29) is 0 Å². The number of allylic oxidation sites excluding steroid dienone is 1. The minimum Gasteiger partial charge on any atom is -0.351 e. The van der Waals surface area contributed by atoms with Crippen molar-refractivity contribution in [2.45, 2.75) is 26.2 Å². The first-order valence-electron chi connectivity index (χ1n) is 5.29. The van der Waals surface area contributed by atoms with Crippen molar-refractivity contribution in [3.05, 3.63) is 42.6 Å². The molecule has 0 aromatic heterocycles. The average molecular weight is 189 g/mol. The van der Waals surface area contributed by atoms with E-state index in [1.54, 1.807) is 0 Å². The molecule has 0 amide bonds. The summed E-state index contributed by atoms with van der Waals surface area (Å²) in [5, 5.41) is 0. The lowest BCUT2D eigenvalue weighted by Crippen LogP contribution is -2.06. The Morgan fingerprint density at radius 1 is 1.21 bits per heavy atom. The van der Waals surface area contributed by atoms with Gasteiger partial charge in [0.1, 0.15) is 0 Å². The number of para-hydroxylation sites is 1. The zero-order chi connectivity index (χ0) is 10.2. The Labute approximate surface area is 87.1 Å². The van der Waals surface area contributed by atoms with E-state index in [1.807, 2.05) is 6.07 Å². The number of unbranched alkanes of at least 4 members (excludes halogenated alkanes) is 2. The molecule has 0 spiro atoms. The van der Waals surface area contributed by atoms with Gasteiger partial charge in [-0.3, -0.25) is 0 Å². The molecule has 0 bridgehead atoms. The second-order valence-corrected chi connectivity index (χ2v) is 3.47. The average Bonchev–Trinajstić information content (AvgIpc) is 2.25. The van der Waals surface area contributed by atoms with Gasteiger partial charge in [-0.05, 0) is 24.8 Å². The number of anilines is 1. The topological polar surface area (TPSA) is 3.24 Å². The second-order valence-electron chi connectivity index (χ2n) is 3.47. The van der Waals surface area contributed by atoms with Crippen LogP contribution in [0.5, 0.6) is 0 Å². The smallest absolute Gasteiger partial charge is 0.0403 e. The molecular formula is C13H19N. The minimum absolute atomic E-state index is 1.17. The number of rotatable bonds is 5. The lowest BCUT2D eigenvalue weighted by Gasteiger charge is -2.13. The molecule has 1 rings (SSSR count). The maximum absolute atomic E-state index is 2.23. The summed E-state index contributed by atoms with van der Waals surface area (Å²) in [6.07, 6.45) is 8.09. The zero-order valence-electron chi connectivity index (χ0n) is 9.11. The molecular weight excluding hydrogens is 170 g/mol. The van der Waals surface area contributed by atoms with Crippen LogP contribution < -0.4 is 4.90 Å². The first-order valence-corrected chi connectivity index (χ1v) is 5.29. The molecule has 0 saturated heterocycles. The largest absolute Gasteiger partial charge is 0.351 e. The molecule has 0 saturated carbocycles. The van der Waals surface area contributed by atoms with E-state index in [1.165, 1.54) is 24.9 Å². The van der Waals surface area contributed by atoms with Gasteiger partial charge in [0.05, 0.1) is 0 Å². The molecule has 0 unspecified atom stereocenters. The van der Waals surface area contributed by atoms with Crippen LogP contribution in [0.4, 0.5) is 5.69 Å². The van der Waals surface area contributed by atoms with E-state index in [0.29, 0.717) is 0 Å². The van der Waals surface area contributed by atoms with Crippen molar-refractivity contribution >= 4 is 5.69 Å². The van der Waals surface area contributed by atoms with Crippen LogP contribution in [0.25, 0.3) is 0 Å². The van der Waals surface area contributed by atoms with E-state index in [2.05, 4.69) is 55.4 Å². The number of benzene rings is 1. The molecule has 0 radical (unpaired) electrons. The highest BCUT2D eigenvalue weighted by Crippen LogP contribution is 2.11. The molecule has 1 nitrogen and oxygen atoms in total. The lowest BCUT2D eigenvalue weighted by molar-refractivity contribution is 0.813. The molecule has 0 aliphatic rings. The monoisotopic (exact) mass is 189 g/mol. The Balaban J connectivity index is 2.42. The van der Waals surface area contributed by atoms with Crippen molar-refractivity contribution in [1.82, 2.24) is 0 Å². The van der Waals surface area contributed by atoms with Gasteiger partial charge in [-0.25, -0.2) is 0 Å². The molecule has 1 aromatic carbocycles. The van der Waals surface area contributed by atoms with Gasteiger partial charge in [-0.2, -0.15) is 0 Å². The minimum atomic E-state index is 1.17. The van der Waals surface area contributed by atoms with Crippen molar-refractivity contribution < 1.29 is 0 Å². The van der Waals surface area contributed by atoms with Crippen molar-refractivity contribution in [2.75, 3.05) is 11.9 Å². The van der Waals surface area contributed by atoms with Gasteiger partial charge in [-0.15, -0.1) is 0 Å². The Morgan fingerprint density at radius 2 is 1.93 bits per heavy atom. The van der Waals surface area contributed by atoms with Gasteiger partial charge in [-0.1, -0.05) is 44.0 Å². The predicted octanol–water partition coefficient (Wildman–Crippen LogP) is 3.83. The van der Waals surface area contributed by atoms with Crippen LogP contribution in [0.15, 0.2) is 42.6 Å². The summed E-state index contributed by atoms with van der Waals surface area (Å²) >= 11 is 0. The van der Waals surface area contributed by atoms with Gasteiger partial charge < -0.3 is 4.90 Å². The molecule has 0 fully saturated rings. The van der Waals surface area contributed by atoms with Crippen molar-refractivity contribution in [1.29, 1.82) is 0 Å². The summed E-state index contributed by atoms with van der Waals surface area (Å²) < 4.78 is 0. The van der Waals surface area contributed by atoms with Crippen LogP contribution in [-0.4, -0.2) is 7.05 Å². The molecule has 1 aromatic rings. The molecule has 0 heterocycles. The molecule has 0 atom stereocenters. The van der Waals surface area contributed by atoms with E-state index in [4.69, 9.17) is 0 Å². The zero-order valence-corrected chi connectivity index (χ0v) is 9.11. The molecule has 1 heteroatoms. The molecule has 76 valence electrons. The molecule has 14 heavy (non-hydrogen) atoms. The van der Waals surface area contributed by atoms with E-state index >= 15 is 0 Å². The highest BCUT2D eigenvalue weighted by molar-refractivity contribution is 5.47. The summed E-state index contributed by atoms with van der Waals surface area (Å²) in [5.41, 5.74) is 1.24. The van der Waals surface area contributed by atoms with E-state index < -0.39 is 0 Å².